The third-order valence-electron chi connectivity index (χ3n) is 13.9. The zero-order valence-corrected chi connectivity index (χ0v) is 50.8. The number of amides is 7. The van der Waals surface area contributed by atoms with Crippen LogP contribution in [0.4, 0.5) is 4.79 Å². The van der Waals surface area contributed by atoms with Crippen molar-refractivity contribution in [2.45, 2.75) is 111 Å². The Kier molecular flexibility index (Phi) is 28.5. The van der Waals surface area contributed by atoms with Crippen molar-refractivity contribution in [3.8, 4) is 0 Å². The van der Waals surface area contributed by atoms with Gasteiger partial charge in [0.15, 0.2) is 0 Å². The number of nitrogens with two attached hydrogens (primary N) is 1. The maximum atomic E-state index is 14.1. The van der Waals surface area contributed by atoms with Crippen molar-refractivity contribution in [1.82, 2.24) is 66.1 Å². The van der Waals surface area contributed by atoms with Crippen LogP contribution in [0, 0.1) is 0 Å². The van der Waals surface area contributed by atoms with Gasteiger partial charge in [-0.05, 0) is 89.3 Å². The number of pyridine rings is 3. The monoisotopic (exact) mass is 1210 g/mol. The molecule has 86 heavy (non-hydrogen) atoms. The second-order valence-electron chi connectivity index (χ2n) is 22.0. The van der Waals surface area contributed by atoms with Gasteiger partial charge in [0.2, 0.25) is 0 Å². The van der Waals surface area contributed by atoms with E-state index in [1.807, 2.05) is 35.5 Å². The Labute approximate surface area is 501 Å². The Hall–Kier alpha value is -7.82. The number of unbranched alkanes of at least 4 members (excludes halogenated alkanes) is 4. The molecule has 28 nitrogen and oxygen atoms in total. The Morgan fingerprint density at radius 2 is 0.837 bits per heavy atom. The zero-order chi connectivity index (χ0) is 62.6. The van der Waals surface area contributed by atoms with E-state index in [9.17, 15) is 47.9 Å². The second-order valence-corrected chi connectivity index (χ2v) is 22.0. The highest BCUT2D eigenvalue weighted by Gasteiger charge is 2.26. The molecule has 0 fully saturated rings. The molecule has 0 saturated heterocycles. The van der Waals surface area contributed by atoms with Crippen LogP contribution in [0.1, 0.15) is 162 Å². The normalized spacial score (nSPS) is 18.0. The molecule has 1 atom stereocenters. The summed E-state index contributed by atoms with van der Waals surface area (Å²) in [5.74, 6) is -4.26. The fourth-order valence-corrected chi connectivity index (χ4v) is 9.10. The van der Waals surface area contributed by atoms with E-state index >= 15 is 0 Å². The van der Waals surface area contributed by atoms with Gasteiger partial charge in [-0.1, -0.05) is 46.5 Å². The first-order valence-corrected chi connectivity index (χ1v) is 30.0. The van der Waals surface area contributed by atoms with E-state index in [0.29, 0.717) is 77.4 Å². The summed E-state index contributed by atoms with van der Waals surface area (Å²) in [6, 6.07) is 7.38. The van der Waals surface area contributed by atoms with Crippen LogP contribution in [0.5, 0.6) is 0 Å². The first-order valence-electron chi connectivity index (χ1n) is 30.0. The summed E-state index contributed by atoms with van der Waals surface area (Å²) in [5.41, 5.74) is 2.20. The van der Waals surface area contributed by atoms with Gasteiger partial charge < -0.3 is 62.2 Å². The van der Waals surface area contributed by atoms with E-state index in [1.54, 1.807) is 20.8 Å². The summed E-state index contributed by atoms with van der Waals surface area (Å²) in [5, 5.41) is 19.7. The van der Waals surface area contributed by atoms with Gasteiger partial charge in [0.1, 0.15) is 59.2 Å². The second kappa shape index (κ2) is 35.6. The number of ether oxygens (including phenoxy) is 1. The maximum Gasteiger partial charge on any atom is 0.407 e. The van der Waals surface area contributed by atoms with Gasteiger partial charge in [0, 0.05) is 111 Å². The molecule has 0 saturated carbocycles. The third-order valence-corrected chi connectivity index (χ3v) is 13.9. The SMILES string of the molecule is CCCCOn1c2ccc(c1=O)C(=O)NCCN1CCNC(=O)c3ccc(n(OCCCC)c3=O)C(=O)NCCN(CCNC2=O)CCNC(=O)c2ccc(c(=O)n2OCCCC)C(=O)NCCN(CC(N)CCCCNC(=O)OC(C)(C)C)CC1. The minimum absolute atomic E-state index is 0.00250. The van der Waals surface area contributed by atoms with Crippen LogP contribution in [-0.4, -0.2) is 207 Å². The van der Waals surface area contributed by atoms with Crippen LogP contribution in [0.25, 0.3) is 0 Å². The Morgan fingerprint density at radius 1 is 0.488 bits per heavy atom. The summed E-state index contributed by atoms with van der Waals surface area (Å²) >= 11 is 0. The van der Waals surface area contributed by atoms with Gasteiger partial charge in [0.05, 0.1) is 0 Å². The number of aromatic nitrogens is 3. The molecule has 0 aromatic carbocycles. The number of carbonyl (C=O) groups excluding carboxylic acids is 7. The molecule has 12 aliphatic rings. The van der Waals surface area contributed by atoms with Gasteiger partial charge in [-0.15, -0.1) is 14.2 Å². The van der Waals surface area contributed by atoms with Gasteiger partial charge in [-0.2, -0.15) is 0 Å². The van der Waals surface area contributed by atoms with Crippen LogP contribution in [-0.2, 0) is 4.74 Å². The van der Waals surface area contributed by atoms with Gasteiger partial charge in [0.25, 0.3) is 52.1 Å². The average molecular weight is 1210 g/mol. The van der Waals surface area contributed by atoms with Crippen LogP contribution < -0.4 is 74.1 Å². The van der Waals surface area contributed by atoms with Crippen molar-refractivity contribution < 1.29 is 52.8 Å². The number of hydrogen-bond donors (Lipinski definition) is 8. The quantitative estimate of drug-likeness (QED) is 0.0708. The molecule has 476 valence electrons. The Bertz CT molecular complexity index is 2830. The zero-order valence-electron chi connectivity index (χ0n) is 50.8. The summed E-state index contributed by atoms with van der Waals surface area (Å²) in [4.78, 5) is 161. The van der Waals surface area contributed by atoms with Crippen molar-refractivity contribution >= 4 is 41.5 Å². The smallest absolute Gasteiger partial charge is 0.407 e. The summed E-state index contributed by atoms with van der Waals surface area (Å²) < 4.78 is 7.80. The molecular formula is C58H90N14O14. The molecule has 15 rings (SSSR count). The molecule has 0 spiro atoms. The number of rotatable bonds is 19. The van der Waals surface area contributed by atoms with Gasteiger partial charge in [-0.3, -0.25) is 57.9 Å². The lowest BCUT2D eigenvalue weighted by Crippen LogP contribution is -2.48. The Morgan fingerprint density at radius 3 is 1.20 bits per heavy atom. The number of nitrogens with zero attached hydrogens (tertiary/aromatic N) is 6. The molecule has 8 bridgehead atoms. The highest BCUT2D eigenvalue weighted by atomic mass is 16.7. The lowest BCUT2D eigenvalue weighted by molar-refractivity contribution is 0.0525. The van der Waals surface area contributed by atoms with E-state index < -0.39 is 63.8 Å². The number of alkyl carbamates (subject to hydrolysis) is 1. The molecule has 28 heteroatoms. The topological polar surface area (TPSA) is 342 Å². The fourth-order valence-electron chi connectivity index (χ4n) is 9.10. The van der Waals surface area contributed by atoms with Crippen LogP contribution in [0.3, 0.4) is 0 Å². The minimum Gasteiger partial charge on any atom is -0.444 e. The first kappa shape index (κ1) is 69.0. The predicted octanol–water partition coefficient (Wildman–Crippen LogP) is -0.408. The number of carbonyl (C=O) groups is 7. The van der Waals surface area contributed by atoms with Crippen molar-refractivity contribution in [2.24, 2.45) is 5.73 Å². The molecule has 0 aliphatic carbocycles. The largest absolute Gasteiger partial charge is 0.444 e. The van der Waals surface area contributed by atoms with Crippen molar-refractivity contribution in [1.29, 1.82) is 0 Å². The predicted molar refractivity (Wildman–Crippen MR) is 321 cm³/mol. The first-order chi connectivity index (χ1) is 41.3. The van der Waals surface area contributed by atoms with Gasteiger partial charge >= 0.3 is 6.09 Å². The molecule has 0 radical (unpaired) electrons. The van der Waals surface area contributed by atoms with Crippen LogP contribution in [0.15, 0.2) is 50.8 Å². The lowest BCUT2D eigenvalue weighted by Gasteiger charge is -2.30. The van der Waals surface area contributed by atoms with Crippen molar-refractivity contribution in [3.63, 3.8) is 0 Å². The summed E-state index contributed by atoms with van der Waals surface area (Å²) in [6.07, 6.45) is 5.06. The fraction of sp³-hybridized carbons (Fsp3) is 0.621. The summed E-state index contributed by atoms with van der Waals surface area (Å²) in [7, 11) is 0. The molecule has 3 aromatic rings. The van der Waals surface area contributed by atoms with Crippen LogP contribution >= 0.6 is 0 Å². The standard InChI is InChI=1S/C58H90N14O14/c1-7-10-37-83-70-45-19-16-42(54(70)79)48(73)60-23-32-68-33-24-61-49(74)43-17-20-46(71(55(43)80)84-38-11-8-2)52(77)64-26-30-67(29-25-63-51(45)76)31-27-65-53(78)47-21-18-44(56(81)72(47)85-39-12-9-3)50(75)62-28-34-69(36-35-68)40-41(59)15-13-14-22-66-57(82)86-58(4,5)6/h16-21,41H,7-15,22-40,59H2,1-6H3,(H,60,73)(H,61,74)(H,62,75)(H,63,76)(H,64,77)(H,65,78)(H,66,82). The molecule has 3 aromatic heterocycles. The lowest BCUT2D eigenvalue weighted by atomic mass is 10.1. The molecule has 15 heterocycles. The van der Waals surface area contributed by atoms with Gasteiger partial charge in [-0.25, -0.2) is 4.79 Å². The molecular weight excluding hydrogens is 1120 g/mol. The molecule has 9 N–H and O–H groups in total. The third kappa shape index (κ3) is 21.9. The number of nitrogens with one attached hydrogen (secondary N) is 7. The van der Waals surface area contributed by atoms with E-state index in [1.165, 1.54) is 36.4 Å². The van der Waals surface area contributed by atoms with E-state index in [2.05, 4.69) is 37.2 Å². The Balaban J connectivity index is 1.57. The number of hydrogen-bond acceptors (Lipinski definition) is 18. The molecule has 7 amide bonds. The minimum atomic E-state index is -0.860. The highest BCUT2D eigenvalue weighted by Crippen LogP contribution is 2.09. The van der Waals surface area contributed by atoms with E-state index in [4.69, 9.17) is 25.0 Å². The highest BCUT2D eigenvalue weighted by molar-refractivity contribution is 5.98. The van der Waals surface area contributed by atoms with Crippen molar-refractivity contribution in [3.05, 3.63) is 101 Å². The average Bonchev–Trinajstić information content (AvgIpc) is 1.27. The van der Waals surface area contributed by atoms with E-state index in [0.717, 1.165) is 14.2 Å². The summed E-state index contributed by atoms with van der Waals surface area (Å²) in [6.45, 7) is 13.5. The van der Waals surface area contributed by atoms with Crippen molar-refractivity contribution in [2.75, 3.05) is 125 Å². The van der Waals surface area contributed by atoms with E-state index in [-0.39, 0.29) is 145 Å². The molecule has 12 aliphatic heterocycles. The maximum absolute atomic E-state index is 14.1. The molecule has 1 unspecified atom stereocenters. The van der Waals surface area contributed by atoms with Crippen LogP contribution in [0.2, 0.25) is 0 Å².